The largest absolute Gasteiger partial charge is 0.323 e. The lowest BCUT2D eigenvalue weighted by molar-refractivity contribution is 0.943. The Labute approximate surface area is 139 Å². The Kier molecular flexibility index (Phi) is 4.04. The molecule has 0 amide bonds. The molecule has 0 aliphatic carbocycles. The molecule has 3 aromatic rings. The van der Waals surface area contributed by atoms with Gasteiger partial charge in [0.25, 0.3) is 0 Å². The maximum atomic E-state index is 11.4. The molecule has 0 saturated carbocycles. The van der Waals surface area contributed by atoms with E-state index in [-0.39, 0.29) is 10.5 Å². The van der Waals surface area contributed by atoms with Crippen LogP contribution in [0.2, 0.25) is 0 Å². The Morgan fingerprint density at radius 2 is 1.86 bits per heavy atom. The van der Waals surface area contributed by atoms with E-state index < -0.39 is 0 Å². The van der Waals surface area contributed by atoms with Gasteiger partial charge in [0.2, 0.25) is 0 Å². The van der Waals surface area contributed by atoms with Crippen LogP contribution >= 0.6 is 31.9 Å². The van der Waals surface area contributed by atoms with Crippen LogP contribution in [0.5, 0.6) is 0 Å². The van der Waals surface area contributed by atoms with Gasteiger partial charge in [0.1, 0.15) is 0 Å². The second-order valence-electron chi connectivity index (χ2n) is 5.16. The Morgan fingerprint density at radius 3 is 2.57 bits per heavy atom. The number of imidazole rings is 1. The molecule has 0 radical (unpaired) electrons. The topological polar surface area (TPSA) is 48.6 Å². The molecule has 2 aromatic carbocycles. The van der Waals surface area contributed by atoms with Gasteiger partial charge in [-0.25, -0.2) is 4.79 Å². The van der Waals surface area contributed by atoms with Crippen LogP contribution in [0.25, 0.3) is 11.0 Å². The molecule has 108 valence electrons. The van der Waals surface area contributed by atoms with Crippen LogP contribution < -0.4 is 5.69 Å². The fourth-order valence-electron chi connectivity index (χ4n) is 2.47. The molecule has 0 fully saturated rings. The second kappa shape index (κ2) is 5.81. The Balaban J connectivity index is 1.95. The molecule has 3 nitrogen and oxygen atoms in total. The molecule has 0 saturated heterocycles. The van der Waals surface area contributed by atoms with Gasteiger partial charge < -0.3 is 9.97 Å². The van der Waals surface area contributed by atoms with Crippen molar-refractivity contribution in [2.75, 3.05) is 0 Å². The number of rotatable bonds is 3. The number of aryl methyl sites for hydroxylation is 1. The SMILES string of the molecule is Cc1cccc(CC(Br)c2cc3[nH]c(=O)[nH]c3cc2Br)c1. The van der Waals surface area contributed by atoms with E-state index in [0.717, 1.165) is 27.5 Å². The highest BCUT2D eigenvalue weighted by atomic mass is 79.9. The van der Waals surface area contributed by atoms with Crippen molar-refractivity contribution in [3.8, 4) is 0 Å². The van der Waals surface area contributed by atoms with Crippen molar-refractivity contribution in [2.45, 2.75) is 18.2 Å². The Bertz CT molecular complexity index is 851. The summed E-state index contributed by atoms with van der Waals surface area (Å²) >= 11 is 7.35. The average molecular weight is 410 g/mol. The van der Waals surface area contributed by atoms with Crippen LogP contribution in [0.4, 0.5) is 0 Å². The number of nitrogens with one attached hydrogen (secondary N) is 2. The summed E-state index contributed by atoms with van der Waals surface area (Å²) in [7, 11) is 0. The van der Waals surface area contributed by atoms with E-state index in [2.05, 4.69) is 73.0 Å². The molecular weight excluding hydrogens is 396 g/mol. The molecule has 0 aliphatic heterocycles. The molecule has 0 spiro atoms. The third kappa shape index (κ3) is 3.14. The van der Waals surface area contributed by atoms with Gasteiger partial charge in [-0.1, -0.05) is 61.7 Å². The molecule has 0 aliphatic rings. The minimum absolute atomic E-state index is 0.177. The van der Waals surface area contributed by atoms with Gasteiger partial charge in [-0.2, -0.15) is 0 Å². The fraction of sp³-hybridized carbons (Fsp3) is 0.188. The maximum Gasteiger partial charge on any atom is 0.323 e. The van der Waals surface area contributed by atoms with E-state index in [1.54, 1.807) is 0 Å². The van der Waals surface area contributed by atoms with E-state index in [1.807, 2.05) is 12.1 Å². The number of hydrogen-bond acceptors (Lipinski definition) is 1. The maximum absolute atomic E-state index is 11.4. The lowest BCUT2D eigenvalue weighted by Gasteiger charge is -2.13. The van der Waals surface area contributed by atoms with Crippen LogP contribution in [0.3, 0.4) is 0 Å². The van der Waals surface area contributed by atoms with Gasteiger partial charge in [0.05, 0.1) is 11.0 Å². The number of halogens is 2. The molecule has 1 atom stereocenters. The number of alkyl halides is 1. The lowest BCUT2D eigenvalue weighted by Crippen LogP contribution is -1.99. The molecule has 3 rings (SSSR count). The van der Waals surface area contributed by atoms with Gasteiger partial charge in [-0.3, -0.25) is 0 Å². The van der Waals surface area contributed by atoms with E-state index in [1.165, 1.54) is 11.1 Å². The molecule has 1 unspecified atom stereocenters. The van der Waals surface area contributed by atoms with Crippen molar-refractivity contribution >= 4 is 42.9 Å². The molecule has 21 heavy (non-hydrogen) atoms. The van der Waals surface area contributed by atoms with Crippen molar-refractivity contribution in [2.24, 2.45) is 0 Å². The third-order valence-corrected chi connectivity index (χ3v) is 4.97. The summed E-state index contributed by atoms with van der Waals surface area (Å²) in [4.78, 5) is 17.1. The molecular formula is C16H14Br2N2O. The summed E-state index contributed by atoms with van der Waals surface area (Å²) in [5, 5.41) is 0. The first-order chi connectivity index (χ1) is 10.0. The fourth-order valence-corrected chi connectivity index (χ4v) is 4.15. The second-order valence-corrected chi connectivity index (χ2v) is 7.12. The summed E-state index contributed by atoms with van der Waals surface area (Å²) in [5.74, 6) is 0. The monoisotopic (exact) mass is 408 g/mol. The average Bonchev–Trinajstić information content (AvgIpc) is 2.76. The van der Waals surface area contributed by atoms with Gasteiger partial charge in [0, 0.05) is 9.30 Å². The van der Waals surface area contributed by atoms with Gasteiger partial charge in [-0.15, -0.1) is 0 Å². The molecule has 1 aromatic heterocycles. The van der Waals surface area contributed by atoms with Crippen LogP contribution in [0.1, 0.15) is 21.5 Å². The summed E-state index contributed by atoms with van der Waals surface area (Å²) in [6, 6.07) is 12.4. The highest BCUT2D eigenvalue weighted by Gasteiger charge is 2.14. The minimum Gasteiger partial charge on any atom is -0.306 e. The highest BCUT2D eigenvalue weighted by Crippen LogP contribution is 2.34. The van der Waals surface area contributed by atoms with Gasteiger partial charge in [-0.05, 0) is 36.6 Å². The van der Waals surface area contributed by atoms with Crippen molar-refractivity contribution < 1.29 is 0 Å². The number of hydrogen-bond donors (Lipinski definition) is 2. The van der Waals surface area contributed by atoms with Gasteiger partial charge in [0.15, 0.2) is 0 Å². The Morgan fingerprint density at radius 1 is 1.14 bits per heavy atom. The summed E-state index contributed by atoms with van der Waals surface area (Å²) in [6.45, 7) is 2.10. The lowest BCUT2D eigenvalue weighted by atomic mass is 10.0. The summed E-state index contributed by atoms with van der Waals surface area (Å²) in [5.41, 5.74) is 5.12. The molecule has 0 bridgehead atoms. The highest BCUT2D eigenvalue weighted by molar-refractivity contribution is 9.11. The zero-order valence-corrected chi connectivity index (χ0v) is 14.6. The molecule has 2 N–H and O–H groups in total. The number of aromatic nitrogens is 2. The third-order valence-electron chi connectivity index (χ3n) is 3.47. The minimum atomic E-state index is -0.182. The summed E-state index contributed by atoms with van der Waals surface area (Å²) < 4.78 is 0.986. The van der Waals surface area contributed by atoms with Crippen LogP contribution in [-0.4, -0.2) is 9.97 Å². The molecule has 5 heteroatoms. The number of aromatic amines is 2. The first kappa shape index (κ1) is 14.6. The van der Waals surface area contributed by atoms with E-state index in [4.69, 9.17) is 0 Å². The zero-order valence-electron chi connectivity index (χ0n) is 11.4. The smallest absolute Gasteiger partial charge is 0.306 e. The zero-order chi connectivity index (χ0) is 15.0. The summed E-state index contributed by atoms with van der Waals surface area (Å²) in [6.07, 6.45) is 0.889. The standard InChI is InChI=1S/C16H14Br2N2O/c1-9-3-2-4-10(5-9)6-12(17)11-7-14-15(8-13(11)18)20-16(21)19-14/h2-5,7-8,12H,6H2,1H3,(H2,19,20,21). The van der Waals surface area contributed by atoms with Crippen molar-refractivity contribution in [1.29, 1.82) is 0 Å². The first-order valence-electron chi connectivity index (χ1n) is 6.64. The number of benzene rings is 2. The van der Waals surface area contributed by atoms with E-state index >= 15 is 0 Å². The first-order valence-corrected chi connectivity index (χ1v) is 8.35. The van der Waals surface area contributed by atoms with Crippen molar-refractivity contribution in [3.63, 3.8) is 0 Å². The van der Waals surface area contributed by atoms with Crippen molar-refractivity contribution in [3.05, 3.63) is 68.0 Å². The Hall–Kier alpha value is -1.33. The predicted molar refractivity (Wildman–Crippen MR) is 93.2 cm³/mol. The quantitative estimate of drug-likeness (QED) is 0.610. The van der Waals surface area contributed by atoms with Crippen LogP contribution in [0, 0.1) is 6.92 Å². The normalized spacial score (nSPS) is 12.7. The van der Waals surface area contributed by atoms with E-state index in [0.29, 0.717) is 0 Å². The van der Waals surface area contributed by atoms with Gasteiger partial charge >= 0.3 is 5.69 Å². The predicted octanol–water partition coefficient (Wildman–Crippen LogP) is 4.61. The van der Waals surface area contributed by atoms with Crippen molar-refractivity contribution in [1.82, 2.24) is 9.97 Å². The van der Waals surface area contributed by atoms with Crippen LogP contribution in [0.15, 0.2) is 45.7 Å². The number of H-pyrrole nitrogens is 2. The molecule has 1 heterocycles. The number of fused-ring (bicyclic) bond motifs is 1. The van der Waals surface area contributed by atoms with E-state index in [9.17, 15) is 4.79 Å². The van der Waals surface area contributed by atoms with Crippen LogP contribution in [-0.2, 0) is 6.42 Å².